The molecule has 0 aliphatic carbocycles. The van der Waals surface area contributed by atoms with E-state index in [9.17, 15) is 24.0 Å². The number of thioether (sulfide) groups is 1. The van der Waals surface area contributed by atoms with E-state index in [-0.39, 0.29) is 23.0 Å². The molecule has 1 N–H and O–H groups in total. The van der Waals surface area contributed by atoms with E-state index in [1.165, 1.54) is 47.3 Å². The van der Waals surface area contributed by atoms with Crippen LogP contribution in [0.25, 0.3) is 6.08 Å². The van der Waals surface area contributed by atoms with E-state index in [1.807, 2.05) is 0 Å². The lowest BCUT2D eigenvalue weighted by Gasteiger charge is -2.37. The molecule has 2 atom stereocenters. The van der Waals surface area contributed by atoms with E-state index in [2.05, 4.69) is 10.1 Å². The lowest BCUT2D eigenvalue weighted by molar-refractivity contribution is -0.384. The Hall–Kier alpha value is -3.19. The van der Waals surface area contributed by atoms with Crippen LogP contribution in [-0.2, 0) is 21.6 Å². The minimum atomic E-state index is -1.72. The predicted molar refractivity (Wildman–Crippen MR) is 129 cm³/mol. The smallest absolute Gasteiger partial charge is 0.269 e. The quantitative estimate of drug-likeness (QED) is 0.335. The SMILES string of the molecule is CC(SC1COC(/C=C/c2ccc([N+](=O)[O-])cc2)OC1)C(O)(Cn1cncn1)c1ccc(F)cc1F. The Labute approximate surface area is 209 Å². The molecule has 0 bridgehead atoms. The number of aliphatic hydroxyl groups is 1. The molecule has 1 aromatic heterocycles. The van der Waals surface area contributed by atoms with Gasteiger partial charge in [0.1, 0.15) is 29.9 Å². The van der Waals surface area contributed by atoms with Crippen molar-refractivity contribution >= 4 is 23.5 Å². The Morgan fingerprint density at radius 3 is 2.61 bits per heavy atom. The number of nitro groups is 1. The van der Waals surface area contributed by atoms with Crippen LogP contribution in [0.1, 0.15) is 18.1 Å². The maximum atomic E-state index is 14.7. The second kappa shape index (κ2) is 11.2. The fourth-order valence-corrected chi connectivity index (χ4v) is 5.14. The first kappa shape index (κ1) is 25.9. The van der Waals surface area contributed by atoms with E-state index in [0.29, 0.717) is 13.2 Å². The van der Waals surface area contributed by atoms with Crippen LogP contribution >= 0.6 is 11.8 Å². The van der Waals surface area contributed by atoms with Crippen molar-refractivity contribution in [3.63, 3.8) is 0 Å². The van der Waals surface area contributed by atoms with Gasteiger partial charge in [-0.05, 0) is 29.8 Å². The summed E-state index contributed by atoms with van der Waals surface area (Å²) in [7, 11) is 0. The molecule has 1 saturated heterocycles. The maximum absolute atomic E-state index is 14.7. The molecule has 2 heterocycles. The summed E-state index contributed by atoms with van der Waals surface area (Å²) in [5.74, 6) is -1.58. The molecule has 2 aromatic carbocycles. The average molecular weight is 519 g/mol. The van der Waals surface area contributed by atoms with Gasteiger partial charge in [0.2, 0.25) is 0 Å². The van der Waals surface area contributed by atoms with E-state index < -0.39 is 33.7 Å². The minimum Gasteiger partial charge on any atom is -0.382 e. The van der Waals surface area contributed by atoms with E-state index >= 15 is 0 Å². The molecular formula is C24H24F2N4O5S. The summed E-state index contributed by atoms with van der Waals surface area (Å²) in [4.78, 5) is 14.2. The lowest BCUT2D eigenvalue weighted by Crippen LogP contribution is -2.43. The Balaban J connectivity index is 1.39. The Kier molecular flexibility index (Phi) is 8.09. The molecule has 4 rings (SSSR count). The number of benzene rings is 2. The fourth-order valence-electron chi connectivity index (χ4n) is 3.82. The van der Waals surface area contributed by atoms with Crippen molar-refractivity contribution in [2.75, 3.05) is 13.2 Å². The molecule has 1 aliphatic heterocycles. The van der Waals surface area contributed by atoms with Gasteiger partial charge >= 0.3 is 0 Å². The summed E-state index contributed by atoms with van der Waals surface area (Å²) in [5, 5.41) is 25.7. The number of hydrogen-bond acceptors (Lipinski definition) is 8. The van der Waals surface area contributed by atoms with E-state index in [0.717, 1.165) is 17.7 Å². The number of hydrogen-bond donors (Lipinski definition) is 1. The van der Waals surface area contributed by atoms with Crippen LogP contribution in [0.5, 0.6) is 0 Å². The van der Waals surface area contributed by atoms with Gasteiger partial charge in [0.05, 0.1) is 29.9 Å². The molecule has 2 unspecified atom stereocenters. The molecule has 0 radical (unpaired) electrons. The van der Waals surface area contributed by atoms with Crippen LogP contribution in [0.4, 0.5) is 14.5 Å². The molecular weight excluding hydrogens is 494 g/mol. The molecule has 1 aliphatic rings. The Morgan fingerprint density at radius 1 is 1.28 bits per heavy atom. The summed E-state index contributed by atoms with van der Waals surface area (Å²) in [5.41, 5.74) is -0.989. The maximum Gasteiger partial charge on any atom is 0.269 e. The van der Waals surface area contributed by atoms with Crippen molar-refractivity contribution in [1.82, 2.24) is 14.8 Å². The van der Waals surface area contributed by atoms with Crippen molar-refractivity contribution in [3.8, 4) is 0 Å². The van der Waals surface area contributed by atoms with Crippen LogP contribution < -0.4 is 0 Å². The topological polar surface area (TPSA) is 113 Å². The van der Waals surface area contributed by atoms with Crippen LogP contribution in [-0.4, -0.2) is 54.8 Å². The number of halogens is 2. The van der Waals surface area contributed by atoms with Crippen LogP contribution in [0.15, 0.2) is 61.2 Å². The van der Waals surface area contributed by atoms with Crippen molar-refractivity contribution in [1.29, 1.82) is 0 Å². The van der Waals surface area contributed by atoms with Crippen molar-refractivity contribution in [2.45, 2.75) is 35.9 Å². The van der Waals surface area contributed by atoms with Crippen molar-refractivity contribution < 1.29 is 28.3 Å². The second-order valence-electron chi connectivity index (χ2n) is 8.28. The van der Waals surface area contributed by atoms with Gasteiger partial charge in [-0.3, -0.25) is 10.1 Å². The second-order valence-corrected chi connectivity index (χ2v) is 9.93. The molecule has 3 aromatic rings. The van der Waals surface area contributed by atoms with Gasteiger partial charge in [0.25, 0.3) is 5.69 Å². The highest BCUT2D eigenvalue weighted by Gasteiger charge is 2.41. The van der Waals surface area contributed by atoms with Gasteiger partial charge in [-0.1, -0.05) is 19.1 Å². The van der Waals surface area contributed by atoms with Gasteiger partial charge in [-0.15, -0.1) is 11.8 Å². The summed E-state index contributed by atoms with van der Waals surface area (Å²) in [6, 6.07) is 9.18. The molecule has 36 heavy (non-hydrogen) atoms. The number of rotatable bonds is 9. The molecule has 0 saturated carbocycles. The van der Waals surface area contributed by atoms with Gasteiger partial charge in [-0.2, -0.15) is 5.10 Å². The predicted octanol–water partition coefficient (Wildman–Crippen LogP) is 3.93. The van der Waals surface area contributed by atoms with Gasteiger partial charge in [0, 0.05) is 29.0 Å². The average Bonchev–Trinajstić information content (AvgIpc) is 3.36. The Morgan fingerprint density at radius 2 is 2.00 bits per heavy atom. The summed E-state index contributed by atoms with van der Waals surface area (Å²) >= 11 is 1.37. The summed E-state index contributed by atoms with van der Waals surface area (Å²) < 4.78 is 41.2. The minimum absolute atomic E-state index is 0.00981. The first-order valence-electron chi connectivity index (χ1n) is 11.1. The highest BCUT2D eigenvalue weighted by molar-refractivity contribution is 8.00. The van der Waals surface area contributed by atoms with Crippen LogP contribution in [0.2, 0.25) is 0 Å². The Bertz CT molecular complexity index is 1200. The van der Waals surface area contributed by atoms with Gasteiger partial charge < -0.3 is 14.6 Å². The van der Waals surface area contributed by atoms with E-state index in [4.69, 9.17) is 9.47 Å². The standard InChI is InChI=1S/C24H24F2N4O5S/c1-16(24(31,13-29-15-27-14-28-29)21-8-5-18(25)10-22(21)26)36-20-11-34-23(35-12-20)9-4-17-2-6-19(7-3-17)30(32)33/h2-10,14-16,20,23,31H,11-13H2,1H3/b9-4+. The van der Waals surface area contributed by atoms with E-state index in [1.54, 1.807) is 31.2 Å². The van der Waals surface area contributed by atoms with Crippen LogP contribution in [0, 0.1) is 21.7 Å². The first-order valence-corrected chi connectivity index (χ1v) is 12.0. The third-order valence-corrected chi connectivity index (χ3v) is 7.23. The number of nitrogens with zero attached hydrogens (tertiary/aromatic N) is 4. The normalized spacial score (nSPS) is 20.8. The largest absolute Gasteiger partial charge is 0.382 e. The molecule has 0 spiro atoms. The number of aromatic nitrogens is 3. The summed E-state index contributed by atoms with van der Waals surface area (Å²) in [6.45, 7) is 2.30. The monoisotopic (exact) mass is 518 g/mol. The zero-order valence-corrected chi connectivity index (χ0v) is 20.1. The highest BCUT2D eigenvalue weighted by Crippen LogP contribution is 2.38. The zero-order valence-electron chi connectivity index (χ0n) is 19.2. The third kappa shape index (κ3) is 6.13. The first-order chi connectivity index (χ1) is 17.2. The number of nitro benzene ring substituents is 1. The molecule has 12 heteroatoms. The fraction of sp³-hybridized carbons (Fsp3) is 0.333. The molecule has 190 valence electrons. The zero-order chi connectivity index (χ0) is 25.7. The third-order valence-electron chi connectivity index (χ3n) is 5.78. The van der Waals surface area contributed by atoms with Gasteiger partial charge in [0.15, 0.2) is 6.29 Å². The van der Waals surface area contributed by atoms with Gasteiger partial charge in [-0.25, -0.2) is 18.4 Å². The van der Waals surface area contributed by atoms with Crippen LogP contribution in [0.3, 0.4) is 0 Å². The highest BCUT2D eigenvalue weighted by atomic mass is 32.2. The van der Waals surface area contributed by atoms with Crippen molar-refractivity contribution in [2.24, 2.45) is 0 Å². The molecule has 9 nitrogen and oxygen atoms in total. The lowest BCUT2D eigenvalue weighted by atomic mass is 9.90. The molecule has 1 fully saturated rings. The molecule has 0 amide bonds. The van der Waals surface area contributed by atoms with Crippen molar-refractivity contribution in [3.05, 3.63) is 94.1 Å². The number of ether oxygens (including phenoxy) is 2. The summed E-state index contributed by atoms with van der Waals surface area (Å²) in [6.07, 6.45) is 5.58. The number of non-ortho nitro benzene ring substituents is 1.